The largest absolute Gasteiger partial charge is 0.306 e. The first-order valence-corrected chi connectivity index (χ1v) is 6.99. The maximum absolute atomic E-state index is 4.51. The summed E-state index contributed by atoms with van der Waals surface area (Å²) in [6.45, 7) is 9.90. The molecule has 20 heavy (non-hydrogen) atoms. The third-order valence-electron chi connectivity index (χ3n) is 3.14. The zero-order valence-electron chi connectivity index (χ0n) is 12.5. The van der Waals surface area contributed by atoms with Gasteiger partial charge in [0.2, 0.25) is 0 Å². The maximum atomic E-state index is 4.51. The first kappa shape index (κ1) is 16.7. The fraction of sp³-hybridized carbons (Fsp3) is 0.571. The Kier molecular flexibility index (Phi) is 6.75. The summed E-state index contributed by atoms with van der Waals surface area (Å²) in [5.74, 6) is 0. The average Bonchev–Trinajstić information content (AvgIpc) is 2.97. The Bertz CT molecular complexity index is 517. The molecule has 6 heteroatoms. The van der Waals surface area contributed by atoms with Crippen LogP contribution in [0.25, 0.3) is 0 Å². The summed E-state index contributed by atoms with van der Waals surface area (Å²) in [7, 11) is 0. The van der Waals surface area contributed by atoms with E-state index >= 15 is 0 Å². The lowest BCUT2D eigenvalue weighted by Gasteiger charge is -2.08. The Morgan fingerprint density at radius 2 is 1.90 bits per heavy atom. The summed E-state index contributed by atoms with van der Waals surface area (Å²) >= 11 is 0. The van der Waals surface area contributed by atoms with Gasteiger partial charge < -0.3 is 5.32 Å². The van der Waals surface area contributed by atoms with Gasteiger partial charge in [0.15, 0.2) is 0 Å². The highest BCUT2D eigenvalue weighted by Gasteiger charge is 2.05. The van der Waals surface area contributed by atoms with Gasteiger partial charge in [-0.2, -0.15) is 10.2 Å². The quantitative estimate of drug-likeness (QED) is 0.854. The van der Waals surface area contributed by atoms with E-state index < -0.39 is 0 Å². The molecule has 1 N–H and O–H groups in total. The highest BCUT2D eigenvalue weighted by Crippen LogP contribution is 2.05. The van der Waals surface area contributed by atoms with Crippen LogP contribution in [-0.2, 0) is 26.2 Å². The van der Waals surface area contributed by atoms with E-state index in [0.717, 1.165) is 38.3 Å². The normalized spacial score (nSPS) is 10.6. The number of hydrogen-bond acceptors (Lipinski definition) is 3. The van der Waals surface area contributed by atoms with Gasteiger partial charge in [-0.25, -0.2) is 0 Å². The van der Waals surface area contributed by atoms with Crippen LogP contribution in [0, 0.1) is 6.92 Å². The molecule has 0 saturated heterocycles. The molecule has 0 bridgehead atoms. The average molecular weight is 298 g/mol. The molecule has 0 unspecified atom stereocenters. The van der Waals surface area contributed by atoms with E-state index in [1.807, 2.05) is 17.8 Å². The van der Waals surface area contributed by atoms with E-state index in [1.165, 1.54) is 11.4 Å². The van der Waals surface area contributed by atoms with E-state index in [4.69, 9.17) is 0 Å². The van der Waals surface area contributed by atoms with Crippen molar-refractivity contribution < 1.29 is 0 Å². The molecular weight excluding hydrogens is 274 g/mol. The minimum Gasteiger partial charge on any atom is -0.306 e. The third-order valence-corrected chi connectivity index (χ3v) is 3.14. The smallest absolute Gasteiger partial charge is 0.0597 e. The summed E-state index contributed by atoms with van der Waals surface area (Å²) in [4.78, 5) is 0. The molecule has 2 aromatic rings. The molecule has 5 nitrogen and oxygen atoms in total. The number of aromatic nitrogens is 4. The second-order valence-electron chi connectivity index (χ2n) is 4.74. The minimum absolute atomic E-state index is 0. The number of halogens is 1. The van der Waals surface area contributed by atoms with Gasteiger partial charge in [0.25, 0.3) is 0 Å². The molecule has 0 amide bonds. The predicted molar refractivity (Wildman–Crippen MR) is 82.9 cm³/mol. The van der Waals surface area contributed by atoms with Crippen LogP contribution in [0.4, 0.5) is 0 Å². The van der Waals surface area contributed by atoms with Crippen LogP contribution in [0.3, 0.4) is 0 Å². The fourth-order valence-corrected chi connectivity index (χ4v) is 2.26. The van der Waals surface area contributed by atoms with Crippen molar-refractivity contribution in [1.82, 2.24) is 24.9 Å². The molecule has 0 aromatic carbocycles. The zero-order valence-corrected chi connectivity index (χ0v) is 13.3. The van der Waals surface area contributed by atoms with Crippen LogP contribution in [0.15, 0.2) is 18.3 Å². The molecule has 0 saturated carbocycles. The van der Waals surface area contributed by atoms with Crippen LogP contribution in [0.1, 0.15) is 37.4 Å². The Morgan fingerprint density at radius 3 is 2.60 bits per heavy atom. The topological polar surface area (TPSA) is 47.7 Å². The summed E-state index contributed by atoms with van der Waals surface area (Å²) in [5, 5.41) is 12.2. The van der Waals surface area contributed by atoms with Crippen LogP contribution in [-0.4, -0.2) is 19.6 Å². The second-order valence-corrected chi connectivity index (χ2v) is 4.74. The third kappa shape index (κ3) is 4.08. The van der Waals surface area contributed by atoms with E-state index in [0.29, 0.717) is 0 Å². The van der Waals surface area contributed by atoms with Crippen molar-refractivity contribution in [2.45, 2.75) is 53.4 Å². The molecule has 112 valence electrons. The fourth-order valence-electron chi connectivity index (χ4n) is 2.26. The molecule has 0 aliphatic rings. The van der Waals surface area contributed by atoms with E-state index in [1.54, 1.807) is 0 Å². The van der Waals surface area contributed by atoms with Crippen molar-refractivity contribution >= 4 is 12.4 Å². The lowest BCUT2D eigenvalue weighted by atomic mass is 10.3. The molecule has 0 aliphatic carbocycles. The molecule has 0 atom stereocenters. The van der Waals surface area contributed by atoms with Gasteiger partial charge in [0.05, 0.1) is 17.1 Å². The van der Waals surface area contributed by atoms with Gasteiger partial charge >= 0.3 is 0 Å². The van der Waals surface area contributed by atoms with Crippen molar-refractivity contribution in [2.75, 3.05) is 0 Å². The van der Waals surface area contributed by atoms with E-state index in [-0.39, 0.29) is 12.4 Å². The van der Waals surface area contributed by atoms with E-state index in [9.17, 15) is 0 Å². The summed E-state index contributed by atoms with van der Waals surface area (Å²) in [6.07, 6.45) is 2.96. The Morgan fingerprint density at radius 1 is 1.15 bits per heavy atom. The van der Waals surface area contributed by atoms with Crippen molar-refractivity contribution in [3.05, 3.63) is 35.4 Å². The van der Waals surface area contributed by atoms with Crippen LogP contribution in [0.2, 0.25) is 0 Å². The van der Waals surface area contributed by atoms with Gasteiger partial charge in [-0.3, -0.25) is 9.36 Å². The van der Waals surface area contributed by atoms with E-state index in [2.05, 4.69) is 46.2 Å². The number of nitrogens with one attached hydrogen (secondary N) is 1. The zero-order chi connectivity index (χ0) is 13.7. The van der Waals surface area contributed by atoms with Crippen molar-refractivity contribution in [3.63, 3.8) is 0 Å². The summed E-state index contributed by atoms with van der Waals surface area (Å²) in [6, 6.07) is 4.21. The lowest BCUT2D eigenvalue weighted by molar-refractivity contribution is 0.534. The number of aryl methyl sites for hydroxylation is 3. The molecule has 2 heterocycles. The molecular formula is C14H24ClN5. The van der Waals surface area contributed by atoms with Gasteiger partial charge in [0, 0.05) is 32.4 Å². The first-order chi connectivity index (χ1) is 9.24. The SMILES string of the molecule is CCCn1nc(C)cc1CNCc1ccnn1CC.Cl. The Labute approximate surface area is 126 Å². The second kappa shape index (κ2) is 8.07. The van der Waals surface area contributed by atoms with Gasteiger partial charge in [-0.1, -0.05) is 6.92 Å². The van der Waals surface area contributed by atoms with Gasteiger partial charge in [-0.05, 0) is 32.4 Å². The lowest BCUT2D eigenvalue weighted by Crippen LogP contribution is -2.18. The minimum atomic E-state index is 0. The van der Waals surface area contributed by atoms with Crippen molar-refractivity contribution in [2.24, 2.45) is 0 Å². The molecule has 2 rings (SSSR count). The van der Waals surface area contributed by atoms with Crippen molar-refractivity contribution in [1.29, 1.82) is 0 Å². The molecule has 0 spiro atoms. The number of hydrogen-bond donors (Lipinski definition) is 1. The molecule has 0 fully saturated rings. The maximum Gasteiger partial charge on any atom is 0.0597 e. The monoisotopic (exact) mass is 297 g/mol. The Hall–Kier alpha value is -1.33. The number of rotatable bonds is 7. The standard InChI is InChI=1S/C14H23N5.ClH/c1-4-8-19-14(9-12(3)17-19)11-15-10-13-6-7-16-18(13)5-2;/h6-7,9,15H,4-5,8,10-11H2,1-3H3;1H. The van der Waals surface area contributed by atoms with Gasteiger partial charge in [0.1, 0.15) is 0 Å². The van der Waals surface area contributed by atoms with Crippen LogP contribution < -0.4 is 5.32 Å². The summed E-state index contributed by atoms with van der Waals surface area (Å²) < 4.78 is 4.11. The first-order valence-electron chi connectivity index (χ1n) is 6.99. The molecule has 2 aromatic heterocycles. The summed E-state index contributed by atoms with van der Waals surface area (Å²) in [5.41, 5.74) is 3.56. The Balaban J connectivity index is 0.00000200. The highest BCUT2D eigenvalue weighted by molar-refractivity contribution is 5.85. The van der Waals surface area contributed by atoms with Crippen molar-refractivity contribution in [3.8, 4) is 0 Å². The highest BCUT2D eigenvalue weighted by atomic mass is 35.5. The van der Waals surface area contributed by atoms with Crippen LogP contribution >= 0.6 is 12.4 Å². The predicted octanol–water partition coefficient (Wildman–Crippen LogP) is 2.53. The molecule has 0 aliphatic heterocycles. The van der Waals surface area contributed by atoms with Gasteiger partial charge in [-0.15, -0.1) is 12.4 Å². The number of nitrogens with zero attached hydrogens (tertiary/aromatic N) is 4. The molecule has 0 radical (unpaired) electrons. The van der Waals surface area contributed by atoms with Crippen LogP contribution in [0.5, 0.6) is 0 Å².